The summed E-state index contributed by atoms with van der Waals surface area (Å²) >= 11 is 0. The second kappa shape index (κ2) is 9.30. The first kappa shape index (κ1) is 22.3. The Morgan fingerprint density at radius 1 is 1.28 bits per heavy atom. The SMILES string of the molecule is COCCN(C)CC1=CN(C)C2C(=C1)c1ncnn1C(=O)N2CC1=CC=C(OC)CC1C. The summed E-state index contributed by atoms with van der Waals surface area (Å²) in [5.41, 5.74) is 3.34. The lowest BCUT2D eigenvalue weighted by molar-refractivity contribution is 0.137. The van der Waals surface area contributed by atoms with Gasteiger partial charge < -0.3 is 14.4 Å². The number of carbonyl (C=O) groups excluding carboxylic acids is 1. The lowest BCUT2D eigenvalue weighted by Crippen LogP contribution is -2.55. The maximum absolute atomic E-state index is 13.4. The van der Waals surface area contributed by atoms with E-state index in [2.05, 4.69) is 52.2 Å². The normalized spacial score (nSPS) is 22.8. The number of nitrogens with zero attached hydrogens (tertiary/aromatic N) is 6. The van der Waals surface area contributed by atoms with Gasteiger partial charge in [0.05, 0.1) is 19.5 Å². The van der Waals surface area contributed by atoms with E-state index in [-0.39, 0.29) is 12.2 Å². The van der Waals surface area contributed by atoms with Gasteiger partial charge in [-0.2, -0.15) is 9.78 Å². The molecule has 1 aliphatic carbocycles. The Bertz CT molecular complexity index is 992. The zero-order valence-electron chi connectivity index (χ0n) is 19.5. The highest BCUT2D eigenvalue weighted by molar-refractivity contribution is 5.88. The summed E-state index contributed by atoms with van der Waals surface area (Å²) in [6, 6.07) is -0.157. The average molecular weight is 441 g/mol. The van der Waals surface area contributed by atoms with Crippen LogP contribution in [0, 0.1) is 5.92 Å². The maximum atomic E-state index is 13.4. The summed E-state index contributed by atoms with van der Waals surface area (Å²) in [6.07, 6.45) is 10.4. The number of fused-ring (bicyclic) bond motifs is 3. The molecule has 32 heavy (non-hydrogen) atoms. The molecule has 1 amide bonds. The molecule has 3 heterocycles. The number of hydrogen-bond acceptors (Lipinski definition) is 7. The number of carbonyl (C=O) groups is 1. The quantitative estimate of drug-likeness (QED) is 0.613. The number of aromatic nitrogens is 3. The molecule has 4 rings (SSSR count). The smallest absolute Gasteiger partial charge is 0.348 e. The number of rotatable bonds is 8. The minimum absolute atomic E-state index is 0.157. The van der Waals surface area contributed by atoms with Crippen LogP contribution in [0.3, 0.4) is 0 Å². The Morgan fingerprint density at radius 3 is 2.81 bits per heavy atom. The van der Waals surface area contributed by atoms with Crippen molar-refractivity contribution < 1.29 is 14.3 Å². The predicted octanol–water partition coefficient (Wildman–Crippen LogP) is 2.18. The van der Waals surface area contributed by atoms with E-state index in [1.54, 1.807) is 14.2 Å². The van der Waals surface area contributed by atoms with Crippen LogP contribution < -0.4 is 0 Å². The highest BCUT2D eigenvalue weighted by Crippen LogP contribution is 2.35. The van der Waals surface area contributed by atoms with Crippen LogP contribution in [-0.4, -0.2) is 96.2 Å². The van der Waals surface area contributed by atoms with E-state index in [0.717, 1.165) is 36.4 Å². The van der Waals surface area contributed by atoms with Gasteiger partial charge >= 0.3 is 6.03 Å². The molecule has 0 saturated heterocycles. The van der Waals surface area contributed by atoms with Gasteiger partial charge in [0, 0.05) is 52.0 Å². The third-order valence-electron chi connectivity index (χ3n) is 6.27. The largest absolute Gasteiger partial charge is 0.501 e. The van der Waals surface area contributed by atoms with Crippen molar-refractivity contribution in [2.45, 2.75) is 19.5 Å². The molecule has 1 aromatic heterocycles. The standard InChI is InChI=1S/C23H32N6O3/c1-16-10-19(32-5)7-6-18(16)14-28-22-20(21-24-15-25-29(21)23(28)30)11-17(13-27(22)3)12-26(2)8-9-31-4/h6-7,11,13,15-16,22H,8-10,12,14H2,1-5H3. The van der Waals surface area contributed by atoms with Crippen molar-refractivity contribution in [1.29, 1.82) is 0 Å². The predicted molar refractivity (Wildman–Crippen MR) is 121 cm³/mol. The van der Waals surface area contributed by atoms with Crippen LogP contribution in [0.5, 0.6) is 0 Å². The van der Waals surface area contributed by atoms with Crippen LogP contribution in [0.15, 0.2) is 47.7 Å². The number of likely N-dealkylation sites (N-methyl/N-ethyl adjacent to an activating group) is 2. The second-order valence-corrected chi connectivity index (χ2v) is 8.66. The average Bonchev–Trinajstić information content (AvgIpc) is 3.26. The van der Waals surface area contributed by atoms with Crippen LogP contribution in [0.2, 0.25) is 0 Å². The zero-order chi connectivity index (χ0) is 22.8. The fourth-order valence-corrected chi connectivity index (χ4v) is 4.54. The van der Waals surface area contributed by atoms with Crippen LogP contribution in [-0.2, 0) is 9.47 Å². The first-order chi connectivity index (χ1) is 15.4. The molecule has 0 bridgehead atoms. The lowest BCUT2D eigenvalue weighted by atomic mass is 9.91. The molecule has 3 aliphatic rings. The van der Waals surface area contributed by atoms with Crippen molar-refractivity contribution in [1.82, 2.24) is 29.5 Å². The summed E-state index contributed by atoms with van der Waals surface area (Å²) in [6.45, 7) is 4.99. The first-order valence-electron chi connectivity index (χ1n) is 10.9. The first-order valence-corrected chi connectivity index (χ1v) is 10.9. The minimum atomic E-state index is -0.229. The van der Waals surface area contributed by atoms with E-state index in [1.807, 2.05) is 18.0 Å². The Kier molecular flexibility index (Phi) is 6.48. The molecule has 0 aromatic carbocycles. The highest BCUT2D eigenvalue weighted by Gasteiger charge is 2.41. The van der Waals surface area contributed by atoms with Crippen molar-refractivity contribution in [3.63, 3.8) is 0 Å². The van der Waals surface area contributed by atoms with Gasteiger partial charge in [-0.3, -0.25) is 9.80 Å². The van der Waals surface area contributed by atoms with Crippen molar-refractivity contribution in [3.05, 3.63) is 53.5 Å². The van der Waals surface area contributed by atoms with Gasteiger partial charge in [0.2, 0.25) is 0 Å². The van der Waals surface area contributed by atoms with Gasteiger partial charge in [-0.25, -0.2) is 9.78 Å². The van der Waals surface area contributed by atoms with E-state index >= 15 is 0 Å². The molecule has 0 radical (unpaired) electrons. The van der Waals surface area contributed by atoms with E-state index in [0.29, 0.717) is 24.9 Å². The Labute approximate surface area is 189 Å². The van der Waals surface area contributed by atoms with Gasteiger partial charge in [-0.05, 0) is 36.3 Å². The molecule has 1 aromatic rings. The van der Waals surface area contributed by atoms with Gasteiger partial charge in [0.15, 0.2) is 5.82 Å². The van der Waals surface area contributed by atoms with E-state index < -0.39 is 0 Å². The lowest BCUT2D eigenvalue weighted by Gasteiger charge is -2.44. The van der Waals surface area contributed by atoms with E-state index in [9.17, 15) is 4.79 Å². The molecule has 0 spiro atoms. The monoisotopic (exact) mass is 440 g/mol. The van der Waals surface area contributed by atoms with Crippen LogP contribution in [0.1, 0.15) is 19.2 Å². The summed E-state index contributed by atoms with van der Waals surface area (Å²) in [5.74, 6) is 1.87. The molecule has 2 aliphatic heterocycles. The van der Waals surface area contributed by atoms with Crippen LogP contribution >= 0.6 is 0 Å². The van der Waals surface area contributed by atoms with Gasteiger partial charge in [0.1, 0.15) is 12.5 Å². The molecule has 0 N–H and O–H groups in total. The maximum Gasteiger partial charge on any atom is 0.348 e. The molecule has 0 fully saturated rings. The Morgan fingerprint density at radius 2 is 2.09 bits per heavy atom. The van der Waals surface area contributed by atoms with Crippen molar-refractivity contribution in [2.75, 3.05) is 54.6 Å². The van der Waals surface area contributed by atoms with E-state index in [1.165, 1.54) is 16.6 Å². The zero-order valence-corrected chi connectivity index (χ0v) is 19.5. The van der Waals surface area contributed by atoms with Gasteiger partial charge in [-0.15, -0.1) is 0 Å². The minimum Gasteiger partial charge on any atom is -0.501 e. The second-order valence-electron chi connectivity index (χ2n) is 8.66. The van der Waals surface area contributed by atoms with E-state index in [4.69, 9.17) is 9.47 Å². The number of allylic oxidation sites excluding steroid dienone is 3. The molecule has 9 heteroatoms. The molecule has 2 atom stereocenters. The van der Waals surface area contributed by atoms with Crippen molar-refractivity contribution in [3.8, 4) is 0 Å². The third-order valence-corrected chi connectivity index (χ3v) is 6.27. The molecular formula is C23H32N6O3. The number of methoxy groups -OCH3 is 2. The molecule has 9 nitrogen and oxygen atoms in total. The fraction of sp³-hybridized carbons (Fsp3) is 0.522. The number of ether oxygens (including phenoxy) is 2. The van der Waals surface area contributed by atoms with Crippen LogP contribution in [0.4, 0.5) is 4.79 Å². The topological polar surface area (TPSA) is 76.0 Å². The number of amides is 1. The Balaban J connectivity index is 1.63. The van der Waals surface area contributed by atoms with Crippen molar-refractivity contribution in [2.24, 2.45) is 5.92 Å². The molecule has 0 saturated carbocycles. The fourth-order valence-electron chi connectivity index (χ4n) is 4.54. The molecular weight excluding hydrogens is 408 g/mol. The van der Waals surface area contributed by atoms with Crippen LogP contribution in [0.25, 0.3) is 5.57 Å². The van der Waals surface area contributed by atoms with Crippen molar-refractivity contribution >= 4 is 11.6 Å². The number of hydrogen-bond donors (Lipinski definition) is 0. The van der Waals surface area contributed by atoms with Gasteiger partial charge in [0.25, 0.3) is 0 Å². The summed E-state index contributed by atoms with van der Waals surface area (Å²) in [4.78, 5) is 24.0. The molecule has 2 unspecified atom stereocenters. The Hall–Kier alpha value is -2.91. The van der Waals surface area contributed by atoms with Gasteiger partial charge in [-0.1, -0.05) is 13.0 Å². The summed E-state index contributed by atoms with van der Waals surface area (Å²) < 4.78 is 12.0. The third kappa shape index (κ3) is 4.22. The molecule has 172 valence electrons. The summed E-state index contributed by atoms with van der Waals surface area (Å²) in [7, 11) is 7.49. The summed E-state index contributed by atoms with van der Waals surface area (Å²) in [5, 5.41) is 4.23. The highest BCUT2D eigenvalue weighted by atomic mass is 16.5.